The maximum absolute atomic E-state index is 14.0. The Morgan fingerprint density at radius 1 is 0.871 bits per heavy atom. The quantitative estimate of drug-likeness (QED) is 0.231. The largest absolute Gasteiger partial charge is 0.494 e. The Hall–Kier alpha value is -3.02. The SMILES string of the molecule is CCOc1cc(Br)c2oc(=O)c(P(=O)(Oc3ccccc3)Oc3ccccc3)cc2c1. The van der Waals surface area contributed by atoms with Gasteiger partial charge >= 0.3 is 13.2 Å². The number of para-hydroxylation sites is 2. The van der Waals surface area contributed by atoms with E-state index in [9.17, 15) is 9.36 Å². The van der Waals surface area contributed by atoms with Crippen LogP contribution in [0.2, 0.25) is 0 Å². The fourth-order valence-corrected chi connectivity index (χ4v) is 5.09. The summed E-state index contributed by atoms with van der Waals surface area (Å²) >= 11 is 3.39. The molecule has 0 bridgehead atoms. The topological polar surface area (TPSA) is 75.0 Å². The van der Waals surface area contributed by atoms with Crippen molar-refractivity contribution in [2.45, 2.75) is 6.92 Å². The molecule has 0 radical (unpaired) electrons. The van der Waals surface area contributed by atoms with Crippen molar-refractivity contribution in [1.82, 2.24) is 0 Å². The summed E-state index contributed by atoms with van der Waals surface area (Å²) in [6.45, 7) is 2.33. The van der Waals surface area contributed by atoms with Gasteiger partial charge in [-0.1, -0.05) is 36.4 Å². The van der Waals surface area contributed by atoms with Crippen LogP contribution in [-0.4, -0.2) is 6.61 Å². The highest BCUT2D eigenvalue weighted by atomic mass is 79.9. The second-order valence-corrected chi connectivity index (χ2v) is 9.18. The van der Waals surface area contributed by atoms with Crippen LogP contribution in [0.3, 0.4) is 0 Å². The molecule has 1 aromatic heterocycles. The Kier molecular flexibility index (Phi) is 6.16. The summed E-state index contributed by atoms with van der Waals surface area (Å²) in [5, 5.41) is 0.300. The van der Waals surface area contributed by atoms with E-state index in [1.807, 2.05) is 6.92 Å². The molecule has 158 valence electrons. The lowest BCUT2D eigenvalue weighted by atomic mass is 10.2. The van der Waals surface area contributed by atoms with Gasteiger partial charge in [0.2, 0.25) is 0 Å². The van der Waals surface area contributed by atoms with E-state index >= 15 is 0 Å². The Morgan fingerprint density at radius 2 is 1.45 bits per heavy atom. The molecule has 0 amide bonds. The first kappa shape index (κ1) is 21.2. The second kappa shape index (κ2) is 9.00. The Bertz CT molecular complexity index is 1260. The highest BCUT2D eigenvalue weighted by Crippen LogP contribution is 2.47. The van der Waals surface area contributed by atoms with Gasteiger partial charge in [0.25, 0.3) is 0 Å². The van der Waals surface area contributed by atoms with E-state index in [0.29, 0.717) is 39.3 Å². The molecule has 0 N–H and O–H groups in total. The highest BCUT2D eigenvalue weighted by Gasteiger charge is 2.36. The molecule has 0 fully saturated rings. The first-order valence-corrected chi connectivity index (χ1v) is 11.8. The van der Waals surface area contributed by atoms with Gasteiger partial charge in [-0.3, -0.25) is 0 Å². The van der Waals surface area contributed by atoms with Crippen molar-refractivity contribution in [3.05, 3.63) is 93.8 Å². The van der Waals surface area contributed by atoms with Gasteiger partial charge in [-0.25, -0.2) is 9.36 Å². The van der Waals surface area contributed by atoms with Crippen molar-refractivity contribution in [3.8, 4) is 17.2 Å². The van der Waals surface area contributed by atoms with E-state index in [1.54, 1.807) is 72.8 Å². The molecule has 1 heterocycles. The number of ether oxygens (including phenoxy) is 1. The summed E-state index contributed by atoms with van der Waals surface area (Å²) in [7, 11) is -4.17. The monoisotopic (exact) mass is 500 g/mol. The number of hydrogen-bond acceptors (Lipinski definition) is 6. The van der Waals surface area contributed by atoms with E-state index in [-0.39, 0.29) is 5.30 Å². The van der Waals surface area contributed by atoms with Crippen molar-refractivity contribution in [1.29, 1.82) is 0 Å². The fraction of sp³-hybridized carbons (Fsp3) is 0.0870. The molecule has 0 saturated heterocycles. The predicted molar refractivity (Wildman–Crippen MR) is 123 cm³/mol. The van der Waals surface area contributed by atoms with Gasteiger partial charge in [0, 0.05) is 5.39 Å². The van der Waals surface area contributed by atoms with E-state index in [2.05, 4.69) is 15.9 Å². The molecule has 3 aromatic carbocycles. The van der Waals surface area contributed by atoms with Crippen LogP contribution in [0.15, 0.2) is 92.5 Å². The molecule has 0 saturated carbocycles. The normalized spacial score (nSPS) is 11.3. The first-order chi connectivity index (χ1) is 15.0. The van der Waals surface area contributed by atoms with Crippen LogP contribution in [0.4, 0.5) is 0 Å². The standard InChI is InChI=1S/C23H18BrO6P/c1-2-27-19-13-16-14-21(23(25)28-22(16)20(24)15-19)31(26,29-17-9-5-3-6-10-17)30-18-11-7-4-8-12-18/h3-15H,2H2,1H3. The minimum atomic E-state index is -4.17. The lowest BCUT2D eigenvalue weighted by Crippen LogP contribution is -2.28. The molecule has 0 aliphatic rings. The third kappa shape index (κ3) is 4.68. The van der Waals surface area contributed by atoms with Crippen LogP contribution in [-0.2, 0) is 4.57 Å². The van der Waals surface area contributed by atoms with E-state index in [1.165, 1.54) is 6.07 Å². The van der Waals surface area contributed by atoms with Crippen LogP contribution >= 0.6 is 23.5 Å². The average Bonchev–Trinajstić information content (AvgIpc) is 2.75. The lowest BCUT2D eigenvalue weighted by Gasteiger charge is -2.19. The molecule has 6 nitrogen and oxygen atoms in total. The first-order valence-electron chi connectivity index (χ1n) is 9.48. The summed E-state index contributed by atoms with van der Waals surface area (Å²) in [4.78, 5) is 12.9. The van der Waals surface area contributed by atoms with Crippen LogP contribution in [0.1, 0.15) is 6.92 Å². The molecule has 8 heteroatoms. The molecular weight excluding hydrogens is 483 g/mol. The Labute approximate surface area is 187 Å². The van der Waals surface area contributed by atoms with Gasteiger partial charge in [-0.05, 0) is 65.3 Å². The highest BCUT2D eigenvalue weighted by molar-refractivity contribution is 9.10. The number of benzene rings is 3. The molecule has 0 aliphatic heterocycles. The Morgan fingerprint density at radius 3 is 2.00 bits per heavy atom. The third-order valence-corrected chi connectivity index (χ3v) is 6.68. The van der Waals surface area contributed by atoms with E-state index in [4.69, 9.17) is 18.2 Å². The van der Waals surface area contributed by atoms with E-state index < -0.39 is 13.2 Å². The van der Waals surface area contributed by atoms with Crippen molar-refractivity contribution >= 4 is 39.8 Å². The molecule has 4 rings (SSSR count). The summed E-state index contributed by atoms with van der Waals surface area (Å²) in [5.74, 6) is 1.17. The van der Waals surface area contributed by atoms with E-state index in [0.717, 1.165) is 0 Å². The van der Waals surface area contributed by atoms with Crippen LogP contribution in [0, 0.1) is 0 Å². The van der Waals surface area contributed by atoms with Crippen LogP contribution in [0.25, 0.3) is 11.0 Å². The molecule has 0 spiro atoms. The minimum absolute atomic E-state index is 0.215. The summed E-state index contributed by atoms with van der Waals surface area (Å²) < 4.78 is 37.1. The zero-order chi connectivity index (χ0) is 21.8. The maximum atomic E-state index is 14.0. The van der Waals surface area contributed by atoms with Crippen LogP contribution in [0.5, 0.6) is 17.2 Å². The lowest BCUT2D eigenvalue weighted by molar-refractivity contribution is 0.340. The third-order valence-electron chi connectivity index (χ3n) is 4.29. The zero-order valence-electron chi connectivity index (χ0n) is 16.5. The van der Waals surface area contributed by atoms with Gasteiger partial charge in [-0.15, -0.1) is 0 Å². The fourth-order valence-electron chi connectivity index (χ4n) is 2.95. The van der Waals surface area contributed by atoms with Crippen molar-refractivity contribution < 1.29 is 22.8 Å². The van der Waals surface area contributed by atoms with Gasteiger partial charge < -0.3 is 18.2 Å². The smallest absolute Gasteiger partial charge is 0.470 e. The molecular formula is C23H18BrO6P. The molecule has 0 unspecified atom stereocenters. The summed E-state index contributed by atoms with van der Waals surface area (Å²) in [6, 6.07) is 21.9. The zero-order valence-corrected chi connectivity index (χ0v) is 19.0. The summed E-state index contributed by atoms with van der Waals surface area (Å²) in [5.41, 5.74) is -0.504. The molecule has 31 heavy (non-hydrogen) atoms. The van der Waals surface area contributed by atoms with Crippen molar-refractivity contribution in [3.63, 3.8) is 0 Å². The van der Waals surface area contributed by atoms with Crippen molar-refractivity contribution in [2.24, 2.45) is 0 Å². The number of halogens is 1. The molecule has 4 aromatic rings. The predicted octanol–water partition coefficient (Wildman–Crippen LogP) is 5.93. The van der Waals surface area contributed by atoms with Crippen molar-refractivity contribution in [2.75, 3.05) is 6.61 Å². The molecule has 0 aliphatic carbocycles. The maximum Gasteiger partial charge on any atom is 0.470 e. The van der Waals surface area contributed by atoms with Crippen LogP contribution < -0.4 is 24.7 Å². The number of rotatable bonds is 7. The van der Waals surface area contributed by atoms with Gasteiger partial charge in [0.05, 0.1) is 11.1 Å². The molecule has 0 atom stereocenters. The second-order valence-electron chi connectivity index (χ2n) is 6.48. The minimum Gasteiger partial charge on any atom is -0.494 e. The number of hydrogen-bond donors (Lipinski definition) is 0. The van der Waals surface area contributed by atoms with Gasteiger partial charge in [0.15, 0.2) is 10.9 Å². The van der Waals surface area contributed by atoms with Gasteiger partial charge in [0.1, 0.15) is 17.2 Å². The number of fused-ring (bicyclic) bond motifs is 1. The average molecular weight is 501 g/mol. The Balaban J connectivity index is 1.88. The summed E-state index contributed by atoms with van der Waals surface area (Å²) in [6.07, 6.45) is 0. The van der Waals surface area contributed by atoms with Gasteiger partial charge in [-0.2, -0.15) is 0 Å².